The first-order chi connectivity index (χ1) is 10.1. The minimum atomic E-state index is -0.437. The molecule has 0 radical (unpaired) electrons. The van der Waals surface area contributed by atoms with Crippen LogP contribution in [0.5, 0.6) is 0 Å². The lowest BCUT2D eigenvalue weighted by Gasteiger charge is -2.20. The molecule has 0 N–H and O–H groups in total. The van der Waals surface area contributed by atoms with E-state index in [1.807, 2.05) is 6.92 Å². The van der Waals surface area contributed by atoms with Crippen LogP contribution in [0.4, 0.5) is 10.5 Å². The maximum atomic E-state index is 11.8. The van der Waals surface area contributed by atoms with Crippen LogP contribution < -0.4 is 4.90 Å². The number of ether oxygens (including phenoxy) is 2. The van der Waals surface area contributed by atoms with Crippen LogP contribution in [-0.2, 0) is 9.47 Å². The zero-order valence-electron chi connectivity index (χ0n) is 12.3. The summed E-state index contributed by atoms with van der Waals surface area (Å²) in [6, 6.07) is 6.70. The summed E-state index contributed by atoms with van der Waals surface area (Å²) in [7, 11) is 1.34. The Morgan fingerprint density at radius 3 is 2.43 bits per heavy atom. The van der Waals surface area contributed by atoms with E-state index in [2.05, 4.69) is 15.9 Å². The van der Waals surface area contributed by atoms with Crippen LogP contribution >= 0.6 is 15.9 Å². The monoisotopic (exact) mass is 357 g/mol. The molecule has 0 aliphatic heterocycles. The van der Waals surface area contributed by atoms with Gasteiger partial charge in [0.2, 0.25) is 0 Å². The number of esters is 1. The predicted molar refractivity (Wildman–Crippen MR) is 85.2 cm³/mol. The lowest BCUT2D eigenvalue weighted by molar-refractivity contribution is 0.0500. The number of carbonyl (C=O) groups excluding carboxylic acids is 2. The molecular formula is C15H20BrNO4. The summed E-state index contributed by atoms with van der Waals surface area (Å²) in [6.07, 6.45) is 1.39. The van der Waals surface area contributed by atoms with E-state index in [0.717, 1.165) is 12.8 Å². The Balaban J connectivity index is 2.75. The topological polar surface area (TPSA) is 55.8 Å². The van der Waals surface area contributed by atoms with Gasteiger partial charge in [0.15, 0.2) is 0 Å². The maximum Gasteiger partial charge on any atom is 0.414 e. The number of unbranched alkanes of at least 4 members (excludes halogenated alkanes) is 1. The van der Waals surface area contributed by atoms with Crippen molar-refractivity contribution in [3.8, 4) is 0 Å². The van der Waals surface area contributed by atoms with Crippen molar-refractivity contribution in [2.75, 3.05) is 30.5 Å². The molecule has 0 aliphatic carbocycles. The zero-order valence-corrected chi connectivity index (χ0v) is 13.9. The fraction of sp³-hybridized carbons (Fsp3) is 0.467. The Morgan fingerprint density at radius 2 is 1.90 bits per heavy atom. The molecule has 1 aromatic rings. The minimum absolute atomic E-state index is 0.347. The average Bonchev–Trinajstić information content (AvgIpc) is 2.52. The number of amides is 1. The highest BCUT2D eigenvalue weighted by atomic mass is 79.9. The number of hydrogen-bond donors (Lipinski definition) is 0. The summed E-state index contributed by atoms with van der Waals surface area (Å²) in [5.41, 5.74) is 1.14. The fourth-order valence-corrected chi connectivity index (χ4v) is 2.05. The highest BCUT2D eigenvalue weighted by molar-refractivity contribution is 9.09. The summed E-state index contributed by atoms with van der Waals surface area (Å²) in [5, 5.41) is 0.628. The first kappa shape index (κ1) is 17.5. The molecule has 0 spiro atoms. The molecule has 1 aromatic carbocycles. The number of halogens is 1. The Bertz CT molecular complexity index is 461. The van der Waals surface area contributed by atoms with Crippen molar-refractivity contribution in [2.45, 2.75) is 19.8 Å². The Morgan fingerprint density at radius 1 is 1.24 bits per heavy atom. The van der Waals surface area contributed by atoms with Gasteiger partial charge in [0.25, 0.3) is 0 Å². The van der Waals surface area contributed by atoms with Crippen molar-refractivity contribution >= 4 is 33.7 Å². The molecule has 0 atom stereocenters. The standard InChI is InChI=1S/C15H20BrNO4/c1-3-4-11-21-14(18)12-5-7-13(8-6-12)17(10-9-16)15(19)20-2/h5-8H,3-4,9-11H2,1-2H3. The Kier molecular flexibility index (Phi) is 7.82. The van der Waals surface area contributed by atoms with E-state index in [0.29, 0.717) is 29.7 Å². The SMILES string of the molecule is CCCCOC(=O)c1ccc(N(CCBr)C(=O)OC)cc1. The van der Waals surface area contributed by atoms with Gasteiger partial charge in [-0.05, 0) is 30.7 Å². The molecule has 1 rings (SSSR count). The van der Waals surface area contributed by atoms with Gasteiger partial charge in [-0.25, -0.2) is 9.59 Å². The number of benzene rings is 1. The van der Waals surface area contributed by atoms with E-state index in [1.165, 1.54) is 12.0 Å². The molecule has 0 saturated carbocycles. The normalized spacial score (nSPS) is 10.0. The molecule has 0 saturated heterocycles. The van der Waals surface area contributed by atoms with Crippen molar-refractivity contribution in [2.24, 2.45) is 0 Å². The third-order valence-corrected chi connectivity index (χ3v) is 3.20. The molecule has 0 aromatic heterocycles. The van der Waals surface area contributed by atoms with Gasteiger partial charge < -0.3 is 9.47 Å². The van der Waals surface area contributed by atoms with Gasteiger partial charge >= 0.3 is 12.1 Å². The van der Waals surface area contributed by atoms with E-state index in [-0.39, 0.29) is 5.97 Å². The molecule has 0 unspecified atom stereocenters. The quantitative estimate of drug-likeness (QED) is 0.425. The molecule has 21 heavy (non-hydrogen) atoms. The molecule has 5 nitrogen and oxygen atoms in total. The molecule has 1 amide bonds. The average molecular weight is 358 g/mol. The minimum Gasteiger partial charge on any atom is -0.462 e. The number of alkyl halides is 1. The van der Waals surface area contributed by atoms with Crippen molar-refractivity contribution < 1.29 is 19.1 Å². The number of hydrogen-bond acceptors (Lipinski definition) is 4. The van der Waals surface area contributed by atoms with Crippen LogP contribution in [0.15, 0.2) is 24.3 Å². The smallest absolute Gasteiger partial charge is 0.414 e. The van der Waals surface area contributed by atoms with Crippen molar-refractivity contribution in [1.82, 2.24) is 0 Å². The summed E-state index contributed by atoms with van der Waals surface area (Å²) in [6.45, 7) is 2.94. The first-order valence-electron chi connectivity index (χ1n) is 6.82. The van der Waals surface area contributed by atoms with E-state index >= 15 is 0 Å². The molecule has 0 fully saturated rings. The predicted octanol–water partition coefficient (Wildman–Crippen LogP) is 3.61. The number of nitrogens with zero attached hydrogens (tertiary/aromatic N) is 1. The number of rotatable bonds is 7. The summed E-state index contributed by atoms with van der Waals surface area (Å²) < 4.78 is 9.87. The summed E-state index contributed by atoms with van der Waals surface area (Å²) in [5.74, 6) is -0.347. The van der Waals surface area contributed by atoms with E-state index in [9.17, 15) is 9.59 Å². The van der Waals surface area contributed by atoms with Gasteiger partial charge in [0.1, 0.15) is 0 Å². The molecule has 0 bridgehead atoms. The Hall–Kier alpha value is -1.56. The van der Waals surface area contributed by atoms with Crippen LogP contribution in [0, 0.1) is 0 Å². The highest BCUT2D eigenvalue weighted by Gasteiger charge is 2.16. The third kappa shape index (κ3) is 5.38. The van der Waals surface area contributed by atoms with Crippen LogP contribution in [-0.4, -0.2) is 37.7 Å². The van der Waals surface area contributed by atoms with Gasteiger partial charge in [-0.2, -0.15) is 0 Å². The zero-order chi connectivity index (χ0) is 15.7. The number of carbonyl (C=O) groups is 2. The van der Waals surface area contributed by atoms with Crippen molar-refractivity contribution in [1.29, 1.82) is 0 Å². The summed E-state index contributed by atoms with van der Waals surface area (Å²) >= 11 is 3.29. The second kappa shape index (κ2) is 9.39. The van der Waals surface area contributed by atoms with E-state index < -0.39 is 6.09 Å². The molecule has 0 heterocycles. The van der Waals surface area contributed by atoms with Crippen LogP contribution in [0.1, 0.15) is 30.1 Å². The van der Waals surface area contributed by atoms with Crippen LogP contribution in [0.3, 0.4) is 0 Å². The number of anilines is 1. The van der Waals surface area contributed by atoms with Gasteiger partial charge in [0.05, 0.1) is 19.3 Å². The van der Waals surface area contributed by atoms with Crippen molar-refractivity contribution in [3.63, 3.8) is 0 Å². The van der Waals surface area contributed by atoms with Crippen LogP contribution in [0.25, 0.3) is 0 Å². The van der Waals surface area contributed by atoms with Crippen LogP contribution in [0.2, 0.25) is 0 Å². The van der Waals surface area contributed by atoms with Gasteiger partial charge in [-0.15, -0.1) is 0 Å². The molecule has 116 valence electrons. The lowest BCUT2D eigenvalue weighted by atomic mass is 10.2. The highest BCUT2D eigenvalue weighted by Crippen LogP contribution is 2.17. The third-order valence-electron chi connectivity index (χ3n) is 2.85. The number of methoxy groups -OCH3 is 1. The molecule has 6 heteroatoms. The fourth-order valence-electron chi connectivity index (χ4n) is 1.69. The molecular weight excluding hydrogens is 338 g/mol. The molecule has 0 aliphatic rings. The Labute approximate surface area is 133 Å². The van der Waals surface area contributed by atoms with Gasteiger partial charge in [0, 0.05) is 17.6 Å². The first-order valence-corrected chi connectivity index (χ1v) is 7.94. The van der Waals surface area contributed by atoms with E-state index in [1.54, 1.807) is 24.3 Å². The lowest BCUT2D eigenvalue weighted by Crippen LogP contribution is -2.32. The van der Waals surface area contributed by atoms with Gasteiger partial charge in [-0.3, -0.25) is 4.90 Å². The largest absolute Gasteiger partial charge is 0.462 e. The maximum absolute atomic E-state index is 11.8. The van der Waals surface area contributed by atoms with E-state index in [4.69, 9.17) is 9.47 Å². The summed E-state index contributed by atoms with van der Waals surface area (Å²) in [4.78, 5) is 25.0. The van der Waals surface area contributed by atoms with Gasteiger partial charge in [-0.1, -0.05) is 29.3 Å². The van der Waals surface area contributed by atoms with Crippen molar-refractivity contribution in [3.05, 3.63) is 29.8 Å². The second-order valence-electron chi connectivity index (χ2n) is 4.35. The second-order valence-corrected chi connectivity index (χ2v) is 5.14.